The first kappa shape index (κ1) is 24.7. The summed E-state index contributed by atoms with van der Waals surface area (Å²) in [5.41, 5.74) is 7.95. The maximum atomic E-state index is 13.0. The van der Waals surface area contributed by atoms with Gasteiger partial charge in [0.15, 0.2) is 5.69 Å². The van der Waals surface area contributed by atoms with Crippen LogP contribution in [0.25, 0.3) is 16.6 Å². The first-order chi connectivity index (χ1) is 17.9. The van der Waals surface area contributed by atoms with Gasteiger partial charge in [-0.3, -0.25) is 20.2 Å². The van der Waals surface area contributed by atoms with Crippen LogP contribution >= 0.6 is 0 Å². The molecule has 2 aliphatic heterocycles. The van der Waals surface area contributed by atoms with Crippen LogP contribution in [0.4, 0.5) is 22.7 Å². The molecule has 1 atom stereocenters. The summed E-state index contributed by atoms with van der Waals surface area (Å²) in [7, 11) is 0. The molecule has 0 bridgehead atoms. The smallest absolute Gasteiger partial charge is 0.286 e. The summed E-state index contributed by atoms with van der Waals surface area (Å²) < 4.78 is 5.83. The molecule has 0 spiro atoms. The van der Waals surface area contributed by atoms with Crippen molar-refractivity contribution in [1.29, 1.82) is 0 Å². The van der Waals surface area contributed by atoms with Crippen LogP contribution in [0.5, 0.6) is 5.75 Å². The average molecular weight is 502 g/mol. The zero-order valence-corrected chi connectivity index (χ0v) is 20.9. The molecule has 0 saturated carbocycles. The first-order valence-corrected chi connectivity index (χ1v) is 12.3. The molecule has 0 aromatic heterocycles. The SMILES string of the molecule is Cc1cccc(C)c1-c1cc([N+](=O)[O-])c2c(c1)[NH+]([O-])[N-]C(Nc1ccc(OCCN3CCCC3)cc1)=N2. The molecule has 192 valence electrons. The number of nitro benzene ring substituents is 1. The maximum absolute atomic E-state index is 13.0. The number of ether oxygens (including phenoxy) is 1. The Balaban J connectivity index is 1.35. The second-order valence-corrected chi connectivity index (χ2v) is 9.31. The van der Waals surface area contributed by atoms with Crippen LogP contribution in [0, 0.1) is 29.2 Å². The Morgan fingerprint density at radius 3 is 2.49 bits per heavy atom. The number of anilines is 1. The number of fused-ring (bicyclic) bond motifs is 1. The van der Waals surface area contributed by atoms with Crippen LogP contribution in [0.3, 0.4) is 0 Å². The largest absolute Gasteiger partial charge is 0.612 e. The van der Waals surface area contributed by atoms with Gasteiger partial charge in [-0.25, -0.2) is 0 Å². The highest BCUT2D eigenvalue weighted by Crippen LogP contribution is 2.41. The summed E-state index contributed by atoms with van der Waals surface area (Å²) in [5, 5.41) is 27.3. The lowest BCUT2D eigenvalue weighted by Gasteiger charge is -2.33. The monoisotopic (exact) mass is 501 g/mol. The van der Waals surface area contributed by atoms with Crippen molar-refractivity contribution < 1.29 is 14.8 Å². The van der Waals surface area contributed by atoms with Crippen molar-refractivity contribution in [1.82, 2.24) is 4.90 Å². The minimum absolute atomic E-state index is 0.00289. The first-order valence-electron chi connectivity index (χ1n) is 12.3. The van der Waals surface area contributed by atoms with E-state index in [2.05, 4.69) is 20.6 Å². The number of nitrogens with one attached hydrogen (secondary N) is 2. The molecule has 10 nitrogen and oxygen atoms in total. The number of aryl methyl sites for hydroxylation is 2. The molecule has 1 saturated heterocycles. The van der Waals surface area contributed by atoms with Crippen molar-refractivity contribution in [3.63, 3.8) is 0 Å². The number of benzene rings is 3. The molecule has 10 heteroatoms. The molecule has 3 aromatic carbocycles. The van der Waals surface area contributed by atoms with Crippen molar-refractivity contribution in [3.8, 4) is 16.9 Å². The van der Waals surface area contributed by atoms with E-state index >= 15 is 0 Å². The summed E-state index contributed by atoms with van der Waals surface area (Å²) in [4.78, 5) is 18.2. The number of hydrogen-bond donors (Lipinski definition) is 2. The van der Waals surface area contributed by atoms with E-state index < -0.39 is 10.1 Å². The van der Waals surface area contributed by atoms with Crippen LogP contribution in [0.15, 0.2) is 59.6 Å². The van der Waals surface area contributed by atoms with Gasteiger partial charge in [-0.2, -0.15) is 5.43 Å². The normalized spacial score (nSPS) is 17.1. The number of likely N-dealkylation sites (tertiary alicyclic amines) is 1. The quantitative estimate of drug-likeness (QED) is 0.273. The van der Waals surface area contributed by atoms with E-state index in [1.54, 1.807) is 18.2 Å². The third-order valence-electron chi connectivity index (χ3n) is 6.70. The number of rotatable bonds is 7. The molecule has 3 aromatic rings. The zero-order valence-electron chi connectivity index (χ0n) is 20.9. The van der Waals surface area contributed by atoms with Gasteiger partial charge < -0.3 is 20.3 Å². The highest BCUT2D eigenvalue weighted by atomic mass is 16.6. The van der Waals surface area contributed by atoms with Crippen LogP contribution in [0.2, 0.25) is 0 Å². The van der Waals surface area contributed by atoms with Gasteiger partial charge in [-0.15, -0.1) is 0 Å². The summed E-state index contributed by atoms with van der Waals surface area (Å²) in [6.45, 7) is 7.65. The fourth-order valence-corrected chi connectivity index (χ4v) is 4.86. The van der Waals surface area contributed by atoms with E-state index in [-0.39, 0.29) is 23.0 Å². The minimum atomic E-state index is -0.578. The van der Waals surface area contributed by atoms with Crippen molar-refractivity contribution in [3.05, 3.63) is 86.5 Å². The van der Waals surface area contributed by atoms with Gasteiger partial charge in [0.05, 0.1) is 10.9 Å². The molecule has 2 aliphatic rings. The van der Waals surface area contributed by atoms with Gasteiger partial charge in [0, 0.05) is 18.7 Å². The second kappa shape index (κ2) is 10.6. The lowest BCUT2D eigenvalue weighted by Crippen LogP contribution is -2.98. The van der Waals surface area contributed by atoms with Crippen LogP contribution < -0.4 is 15.2 Å². The van der Waals surface area contributed by atoms with Crippen LogP contribution in [-0.4, -0.2) is 42.0 Å². The highest BCUT2D eigenvalue weighted by Gasteiger charge is 2.26. The molecule has 0 aliphatic carbocycles. The lowest BCUT2D eigenvalue weighted by atomic mass is 9.94. The Bertz CT molecular complexity index is 1320. The molecule has 5 rings (SSSR count). The second-order valence-electron chi connectivity index (χ2n) is 9.31. The predicted molar refractivity (Wildman–Crippen MR) is 144 cm³/mol. The number of nitro groups is 1. The number of nitrogens with zero attached hydrogens (tertiary/aromatic N) is 4. The van der Waals surface area contributed by atoms with Gasteiger partial charge in [0.25, 0.3) is 5.69 Å². The van der Waals surface area contributed by atoms with Gasteiger partial charge in [-0.05, 0) is 92.0 Å². The number of quaternary nitrogens is 1. The van der Waals surface area contributed by atoms with Crippen LogP contribution in [0.1, 0.15) is 24.0 Å². The number of aliphatic imine (C=N–C) groups is 1. The van der Waals surface area contributed by atoms with E-state index in [4.69, 9.17) is 4.74 Å². The van der Waals surface area contributed by atoms with Crippen molar-refractivity contribution in [2.75, 3.05) is 31.6 Å². The van der Waals surface area contributed by atoms with Gasteiger partial charge in [0.1, 0.15) is 18.0 Å². The van der Waals surface area contributed by atoms with E-state index in [0.29, 0.717) is 17.9 Å². The van der Waals surface area contributed by atoms with Crippen molar-refractivity contribution >= 4 is 28.7 Å². The Kier molecular flexibility index (Phi) is 7.04. The third kappa shape index (κ3) is 5.41. The molecular weight excluding hydrogens is 472 g/mol. The Morgan fingerprint density at radius 1 is 1.11 bits per heavy atom. The molecule has 1 unspecified atom stereocenters. The third-order valence-corrected chi connectivity index (χ3v) is 6.70. The van der Waals surface area contributed by atoms with E-state index in [1.807, 2.05) is 44.2 Å². The fraction of sp³-hybridized carbons (Fsp3) is 0.296. The van der Waals surface area contributed by atoms with E-state index in [0.717, 1.165) is 42.1 Å². The molecule has 0 amide bonds. The topological polar surface area (TPSA) is 122 Å². The zero-order chi connectivity index (χ0) is 25.9. The fourth-order valence-electron chi connectivity index (χ4n) is 4.86. The van der Waals surface area contributed by atoms with E-state index in [1.165, 1.54) is 18.9 Å². The van der Waals surface area contributed by atoms with Gasteiger partial charge in [-0.1, -0.05) is 18.2 Å². The molecule has 0 radical (unpaired) electrons. The summed E-state index contributed by atoms with van der Waals surface area (Å²) in [5.74, 6) is 0.742. The van der Waals surface area contributed by atoms with Gasteiger partial charge in [0.2, 0.25) is 0 Å². The standard InChI is InChI=1S/C27H29N6O4/c1-18-6-5-7-19(2)25(18)20-16-23-26(24(17-20)33(35)36)29-27(30-32(23)34)28-21-8-10-22(11-9-21)37-15-14-31-12-3-4-13-31/h5-11,16-17,32H,3-4,12-15H2,1-2H3,(H-,28,29,30)/q-1. The molecular formula is C27H29N6O4-. The number of hydrogen-bond acceptors (Lipinski definition) is 7. The van der Waals surface area contributed by atoms with E-state index in [9.17, 15) is 15.3 Å². The Labute approximate surface area is 215 Å². The van der Waals surface area contributed by atoms with Crippen LogP contribution in [-0.2, 0) is 0 Å². The summed E-state index contributed by atoms with van der Waals surface area (Å²) in [6, 6.07) is 16.1. The molecule has 1 fully saturated rings. The lowest BCUT2D eigenvalue weighted by molar-refractivity contribution is -0.726. The Morgan fingerprint density at radius 2 is 1.81 bits per heavy atom. The maximum Gasteiger partial charge on any atom is 0.286 e. The average Bonchev–Trinajstić information content (AvgIpc) is 3.38. The highest BCUT2D eigenvalue weighted by molar-refractivity contribution is 6.05. The Hall–Kier alpha value is -3.99. The molecule has 2 N–H and O–H groups in total. The molecule has 2 heterocycles. The molecule has 37 heavy (non-hydrogen) atoms. The minimum Gasteiger partial charge on any atom is -0.612 e. The van der Waals surface area contributed by atoms with Crippen molar-refractivity contribution in [2.24, 2.45) is 4.99 Å². The summed E-state index contributed by atoms with van der Waals surface area (Å²) in [6.07, 6.45) is 2.50. The van der Waals surface area contributed by atoms with Gasteiger partial charge >= 0.3 is 0 Å². The number of guanidine groups is 1. The predicted octanol–water partition coefficient (Wildman–Crippen LogP) is 4.77. The van der Waals surface area contributed by atoms with Crippen molar-refractivity contribution in [2.45, 2.75) is 26.7 Å². The summed E-state index contributed by atoms with van der Waals surface area (Å²) >= 11 is 0.